The first-order valence-electron chi connectivity index (χ1n) is 3.56. The molecule has 0 saturated heterocycles. The summed E-state index contributed by atoms with van der Waals surface area (Å²) in [5.74, 6) is 0. The molecule has 0 unspecified atom stereocenters. The molecule has 0 aromatic rings. The second kappa shape index (κ2) is 12.5. The average Bonchev–Trinajstić information content (AvgIpc) is 2.00. The summed E-state index contributed by atoms with van der Waals surface area (Å²) in [6, 6.07) is -0.00772. The van der Waals surface area contributed by atoms with Crippen molar-refractivity contribution in [1.29, 1.82) is 0 Å². The van der Waals surface area contributed by atoms with E-state index < -0.39 is 12.3 Å². The topological polar surface area (TPSA) is 141 Å². The van der Waals surface area contributed by atoms with Gasteiger partial charge in [0.2, 0.25) is 0 Å². The highest BCUT2D eigenvalue weighted by Crippen LogP contribution is 2.02. The van der Waals surface area contributed by atoms with Gasteiger partial charge in [0.15, 0.2) is 0 Å². The lowest BCUT2D eigenvalue weighted by molar-refractivity contribution is 0.135. The maximum atomic E-state index is 8.56. The second-order valence-electron chi connectivity index (χ2n) is 2.03. The number of halogens is 1. The molecule has 0 saturated carbocycles. The van der Waals surface area contributed by atoms with Crippen LogP contribution in [0.3, 0.4) is 0 Å². The molecule has 0 bridgehead atoms. The Labute approximate surface area is 91.4 Å². The molecule has 0 aliphatic carbocycles. The minimum absolute atomic E-state index is 0.00772. The van der Waals surface area contributed by atoms with Crippen molar-refractivity contribution in [2.24, 2.45) is 5.73 Å². The summed E-state index contributed by atoms with van der Waals surface area (Å²) < 4.78 is 0. The first-order valence-corrected chi connectivity index (χ1v) is 3.94. The largest absolute Gasteiger partial charge is 0.503 e. The van der Waals surface area contributed by atoms with Crippen LogP contribution in [0.1, 0.15) is 13.8 Å². The van der Waals surface area contributed by atoms with E-state index in [-0.39, 0.29) is 6.04 Å². The third kappa shape index (κ3) is 67.7. The Balaban J connectivity index is -0.000000155. The number of hydrogen-bond donors (Lipinski definition) is 5. The minimum Gasteiger partial charge on any atom is -0.450 e. The van der Waals surface area contributed by atoms with Crippen molar-refractivity contribution in [3.63, 3.8) is 0 Å². The lowest BCUT2D eigenvalue weighted by Gasteiger charge is -1.98. The lowest BCUT2D eigenvalue weighted by atomic mass is 10.3. The average molecular weight is 244 g/mol. The molecule has 0 aromatic carbocycles. The fourth-order valence-electron chi connectivity index (χ4n) is 0.263. The molecular formula is C7H14ClNO6. The van der Waals surface area contributed by atoms with Crippen LogP contribution < -0.4 is 5.73 Å². The molecule has 0 spiro atoms. The quantitative estimate of drug-likeness (QED) is 0.474. The number of hydrogen-bond acceptors (Lipinski definition) is 3. The molecule has 90 valence electrons. The Bertz CT molecular complexity index is 196. The van der Waals surface area contributed by atoms with Gasteiger partial charge in [-0.05, 0) is 13.8 Å². The predicted molar refractivity (Wildman–Crippen MR) is 54.6 cm³/mol. The van der Waals surface area contributed by atoms with Gasteiger partial charge in [-0.25, -0.2) is 9.59 Å². The van der Waals surface area contributed by atoms with E-state index in [9.17, 15) is 0 Å². The Morgan fingerprint density at radius 2 is 1.40 bits per heavy atom. The van der Waals surface area contributed by atoms with Gasteiger partial charge in [0, 0.05) is 11.1 Å². The lowest BCUT2D eigenvalue weighted by Crippen LogP contribution is -2.14. The summed E-state index contributed by atoms with van der Waals surface area (Å²) in [7, 11) is 0. The summed E-state index contributed by atoms with van der Waals surface area (Å²) in [6.45, 7) is 3.72. The van der Waals surface area contributed by atoms with E-state index in [1.54, 1.807) is 6.08 Å². The molecule has 7 nitrogen and oxygen atoms in total. The molecule has 0 aromatic heterocycles. The monoisotopic (exact) mass is 243 g/mol. The molecule has 0 heterocycles. The number of nitrogens with two attached hydrogens (primary N) is 1. The number of carbonyl (C=O) groups is 2. The van der Waals surface area contributed by atoms with Crippen molar-refractivity contribution in [1.82, 2.24) is 0 Å². The highest BCUT2D eigenvalue weighted by molar-refractivity contribution is 6.30. The van der Waals surface area contributed by atoms with Crippen molar-refractivity contribution >= 4 is 23.9 Å². The van der Waals surface area contributed by atoms with Crippen LogP contribution in [-0.2, 0) is 0 Å². The van der Waals surface area contributed by atoms with Crippen LogP contribution in [0, 0.1) is 0 Å². The van der Waals surface area contributed by atoms with E-state index in [0.29, 0.717) is 0 Å². The highest BCUT2D eigenvalue weighted by Gasteiger charge is 1.93. The molecule has 0 aliphatic heterocycles. The van der Waals surface area contributed by atoms with Crippen LogP contribution in [0.2, 0.25) is 0 Å². The normalized spacial score (nSPS) is 11.1. The molecule has 1 atom stereocenters. The SMILES string of the molecule is C/C=C(\Cl)[C@@H](C)N.O=C(O)O.O=C(O)O. The van der Waals surface area contributed by atoms with Gasteiger partial charge in [-0.3, -0.25) is 0 Å². The number of allylic oxidation sites excluding steroid dienone is 1. The molecule has 8 heteroatoms. The summed E-state index contributed by atoms with van der Waals surface area (Å²) in [4.78, 5) is 17.1. The Morgan fingerprint density at radius 1 is 1.20 bits per heavy atom. The molecule has 0 fully saturated rings. The number of rotatable bonds is 1. The van der Waals surface area contributed by atoms with Crippen LogP contribution in [0.5, 0.6) is 0 Å². The van der Waals surface area contributed by atoms with E-state index in [2.05, 4.69) is 0 Å². The van der Waals surface area contributed by atoms with Gasteiger partial charge in [-0.15, -0.1) is 0 Å². The molecule has 0 amide bonds. The minimum atomic E-state index is -1.83. The van der Waals surface area contributed by atoms with Gasteiger partial charge < -0.3 is 26.2 Å². The van der Waals surface area contributed by atoms with Crippen molar-refractivity contribution in [2.45, 2.75) is 19.9 Å². The van der Waals surface area contributed by atoms with E-state index in [0.717, 1.165) is 5.03 Å². The fourth-order valence-corrected chi connectivity index (χ4v) is 0.263. The Hall–Kier alpha value is -1.47. The van der Waals surface area contributed by atoms with Crippen molar-refractivity contribution < 1.29 is 30.0 Å². The van der Waals surface area contributed by atoms with Crippen molar-refractivity contribution in [2.75, 3.05) is 0 Å². The maximum Gasteiger partial charge on any atom is 0.503 e. The zero-order chi connectivity index (χ0) is 13.0. The van der Waals surface area contributed by atoms with Crippen molar-refractivity contribution in [3.05, 3.63) is 11.1 Å². The van der Waals surface area contributed by atoms with Crippen LogP contribution >= 0.6 is 11.6 Å². The van der Waals surface area contributed by atoms with Gasteiger partial charge in [-0.1, -0.05) is 17.7 Å². The summed E-state index contributed by atoms with van der Waals surface area (Å²) >= 11 is 5.54. The van der Waals surface area contributed by atoms with Gasteiger partial charge in [-0.2, -0.15) is 0 Å². The third-order valence-corrected chi connectivity index (χ3v) is 1.27. The molecule has 6 N–H and O–H groups in total. The molecule has 0 radical (unpaired) electrons. The zero-order valence-corrected chi connectivity index (χ0v) is 8.97. The highest BCUT2D eigenvalue weighted by atomic mass is 35.5. The summed E-state index contributed by atoms with van der Waals surface area (Å²) in [6.07, 6.45) is -1.87. The fraction of sp³-hybridized carbons (Fsp3) is 0.429. The first-order chi connectivity index (χ1) is 6.64. The van der Waals surface area contributed by atoms with Crippen LogP contribution in [0.4, 0.5) is 9.59 Å². The summed E-state index contributed by atoms with van der Waals surface area (Å²) in [5.41, 5.74) is 5.35. The predicted octanol–water partition coefficient (Wildman–Crippen LogP) is 1.92. The van der Waals surface area contributed by atoms with Crippen LogP contribution in [0.15, 0.2) is 11.1 Å². The van der Waals surface area contributed by atoms with Gasteiger partial charge in [0.05, 0.1) is 0 Å². The van der Waals surface area contributed by atoms with E-state index in [1.165, 1.54) is 0 Å². The maximum absolute atomic E-state index is 8.56. The van der Waals surface area contributed by atoms with Gasteiger partial charge >= 0.3 is 12.3 Å². The Morgan fingerprint density at radius 3 is 1.40 bits per heavy atom. The van der Waals surface area contributed by atoms with Crippen LogP contribution in [-0.4, -0.2) is 38.8 Å². The molecule has 0 aliphatic rings. The second-order valence-corrected chi connectivity index (χ2v) is 2.46. The molecule has 0 rings (SSSR count). The zero-order valence-electron chi connectivity index (χ0n) is 8.22. The first kappa shape index (κ1) is 19.2. The van der Waals surface area contributed by atoms with Gasteiger partial charge in [0.1, 0.15) is 0 Å². The standard InChI is InChI=1S/C5H10ClN.2CH2O3/c1-3-5(6)4(2)7;2*2-1(3)4/h3-4H,7H2,1-2H3;2*(H2,2,3,4)/b5-3-;;/t4-;;/m1../s1. The van der Waals surface area contributed by atoms with Gasteiger partial charge in [0.25, 0.3) is 0 Å². The van der Waals surface area contributed by atoms with Crippen LogP contribution in [0.25, 0.3) is 0 Å². The Kier molecular flexibility index (Phi) is 16.0. The van der Waals surface area contributed by atoms with E-state index in [1.807, 2.05) is 13.8 Å². The van der Waals surface area contributed by atoms with Crippen molar-refractivity contribution in [3.8, 4) is 0 Å². The smallest absolute Gasteiger partial charge is 0.450 e. The molecular weight excluding hydrogens is 230 g/mol. The third-order valence-electron chi connectivity index (χ3n) is 0.711. The van der Waals surface area contributed by atoms with E-state index in [4.69, 9.17) is 47.3 Å². The number of carboxylic acid groups (broad SMARTS) is 4. The summed E-state index contributed by atoms with van der Waals surface area (Å²) in [5, 5.41) is 28.6. The molecule has 15 heavy (non-hydrogen) atoms. The van der Waals surface area contributed by atoms with E-state index >= 15 is 0 Å².